The Morgan fingerprint density at radius 1 is 1.07 bits per heavy atom. The number of carboxylic acid groups (broad SMARTS) is 2. The third-order valence-electron chi connectivity index (χ3n) is 9.10. The zero-order valence-electron chi connectivity index (χ0n) is 18.3. The average Bonchev–Trinajstić information content (AvgIpc) is 3.11. The summed E-state index contributed by atoms with van der Waals surface area (Å²) in [6.45, 7) is 9.90. The minimum absolute atomic E-state index is 0.0234. The highest BCUT2D eigenvalue weighted by atomic mass is 16.4. The quantitative estimate of drug-likeness (QED) is 0.606. The van der Waals surface area contributed by atoms with Gasteiger partial charge in [-0.25, -0.2) is 0 Å². The molecule has 6 heteroatoms. The molecule has 0 saturated heterocycles. The molecule has 0 amide bonds. The maximum atomic E-state index is 14.2. The smallest absolute Gasteiger partial charge is 0.304 e. The highest BCUT2D eigenvalue weighted by Crippen LogP contribution is 2.73. The predicted octanol–water partition coefficient (Wildman–Crippen LogP) is 3.30. The molecule has 30 heavy (non-hydrogen) atoms. The van der Waals surface area contributed by atoms with Crippen LogP contribution in [0.2, 0.25) is 0 Å². The van der Waals surface area contributed by atoms with E-state index < -0.39 is 34.8 Å². The number of aliphatic carboxylic acids is 2. The highest BCUT2D eigenvalue weighted by molar-refractivity contribution is 5.95. The van der Waals surface area contributed by atoms with E-state index in [1.807, 2.05) is 19.1 Å². The van der Waals surface area contributed by atoms with Gasteiger partial charge in [0, 0.05) is 17.8 Å². The Morgan fingerprint density at radius 2 is 1.60 bits per heavy atom. The van der Waals surface area contributed by atoms with E-state index in [0.717, 1.165) is 6.42 Å². The monoisotopic (exact) mass is 416 g/mol. The van der Waals surface area contributed by atoms with Crippen molar-refractivity contribution in [1.82, 2.24) is 0 Å². The summed E-state index contributed by atoms with van der Waals surface area (Å²) in [5.41, 5.74) is -1.64. The standard InChI is InChI=1S/C24H32O6/c1-11-6-14-20-17(22(20,4)5)7-13(3)23(21(14)29)10-12(2)16(9-19(27)28)24(23,30)15(11)8-18(25)26/h6,10,13-17,20,30H,7-9H2,1-5H3,(H,25,26)(H,27,28)/t13-,14+,15-,16+,17-,20+,23+,24+/m1/s1. The number of allylic oxidation sites excluding steroid dienone is 1. The molecule has 8 atom stereocenters. The fraction of sp³-hybridized carbons (Fsp3) is 0.708. The molecule has 0 aliphatic heterocycles. The average molecular weight is 417 g/mol. The second-order valence-corrected chi connectivity index (χ2v) is 10.8. The van der Waals surface area contributed by atoms with Gasteiger partial charge in [-0.05, 0) is 43.4 Å². The highest BCUT2D eigenvalue weighted by Gasteiger charge is 2.75. The number of aliphatic hydroxyl groups is 1. The maximum absolute atomic E-state index is 14.2. The number of rotatable bonds is 4. The largest absolute Gasteiger partial charge is 0.481 e. The van der Waals surface area contributed by atoms with Crippen molar-refractivity contribution in [1.29, 1.82) is 0 Å². The molecule has 0 aromatic carbocycles. The lowest BCUT2D eigenvalue weighted by molar-refractivity contribution is -0.172. The van der Waals surface area contributed by atoms with E-state index in [0.29, 0.717) is 17.1 Å². The van der Waals surface area contributed by atoms with Gasteiger partial charge in [0.1, 0.15) is 0 Å². The van der Waals surface area contributed by atoms with Crippen LogP contribution in [0.5, 0.6) is 0 Å². The lowest BCUT2D eigenvalue weighted by atomic mass is 9.54. The van der Waals surface area contributed by atoms with Crippen molar-refractivity contribution < 1.29 is 29.7 Å². The SMILES string of the molecule is CC1=C[C@@H]2C(=O)[C@]3(C=C(C)[C@H](CC(=O)O)[C@@]3(O)[C@@H]1CC(=O)O)[C@H](C)C[C@@H]1[C@H]2C1(C)C. The number of ketones is 1. The van der Waals surface area contributed by atoms with Gasteiger partial charge in [0.05, 0.1) is 23.9 Å². The molecule has 2 saturated carbocycles. The van der Waals surface area contributed by atoms with Crippen LogP contribution in [0.25, 0.3) is 0 Å². The van der Waals surface area contributed by atoms with Gasteiger partial charge in [-0.2, -0.15) is 0 Å². The lowest BCUT2D eigenvalue weighted by Crippen LogP contribution is -2.61. The summed E-state index contributed by atoms with van der Waals surface area (Å²) in [5, 5.41) is 31.6. The zero-order chi connectivity index (χ0) is 22.4. The summed E-state index contributed by atoms with van der Waals surface area (Å²) in [7, 11) is 0. The molecule has 4 rings (SSSR count). The number of carbonyl (C=O) groups excluding carboxylic acids is 1. The summed E-state index contributed by atoms with van der Waals surface area (Å²) < 4.78 is 0. The molecule has 0 aromatic rings. The first-order chi connectivity index (χ1) is 13.8. The number of fused-ring (bicyclic) bond motifs is 3. The zero-order valence-corrected chi connectivity index (χ0v) is 18.3. The topological polar surface area (TPSA) is 112 Å². The van der Waals surface area contributed by atoms with Gasteiger partial charge >= 0.3 is 11.9 Å². The lowest BCUT2D eigenvalue weighted by Gasteiger charge is -2.51. The third kappa shape index (κ3) is 2.43. The normalized spacial score (nSPS) is 46.0. The fourth-order valence-corrected chi connectivity index (χ4v) is 7.65. The first kappa shape index (κ1) is 21.3. The molecule has 0 radical (unpaired) electrons. The number of Topliss-reactive ketones (excluding diaryl/α,β-unsaturated/α-hetero) is 1. The van der Waals surface area contributed by atoms with Crippen molar-refractivity contribution >= 4 is 17.7 Å². The van der Waals surface area contributed by atoms with Crippen molar-refractivity contribution in [3.05, 3.63) is 23.3 Å². The van der Waals surface area contributed by atoms with Gasteiger partial charge in [-0.15, -0.1) is 0 Å². The number of carboxylic acids is 2. The fourth-order valence-electron chi connectivity index (χ4n) is 7.65. The summed E-state index contributed by atoms with van der Waals surface area (Å²) in [6.07, 6.45) is 3.83. The van der Waals surface area contributed by atoms with Crippen molar-refractivity contribution in [2.75, 3.05) is 0 Å². The summed E-state index contributed by atoms with van der Waals surface area (Å²) in [4.78, 5) is 37.7. The predicted molar refractivity (Wildman–Crippen MR) is 109 cm³/mol. The second-order valence-electron chi connectivity index (χ2n) is 10.8. The summed E-state index contributed by atoms with van der Waals surface area (Å²) >= 11 is 0. The van der Waals surface area contributed by atoms with Crippen molar-refractivity contribution in [2.24, 2.45) is 46.3 Å². The summed E-state index contributed by atoms with van der Waals surface area (Å²) in [5.74, 6) is -3.86. The summed E-state index contributed by atoms with van der Waals surface area (Å²) in [6, 6.07) is 0. The van der Waals surface area contributed by atoms with Gasteiger partial charge in [-0.1, -0.05) is 44.1 Å². The minimum Gasteiger partial charge on any atom is -0.481 e. The van der Waals surface area contributed by atoms with Crippen molar-refractivity contribution in [2.45, 2.75) is 59.5 Å². The first-order valence-corrected chi connectivity index (χ1v) is 10.9. The molecule has 0 heterocycles. The number of hydrogen-bond acceptors (Lipinski definition) is 4. The molecule has 6 nitrogen and oxygen atoms in total. The van der Waals surface area contributed by atoms with E-state index in [2.05, 4.69) is 13.8 Å². The van der Waals surface area contributed by atoms with E-state index >= 15 is 0 Å². The van der Waals surface area contributed by atoms with Crippen LogP contribution >= 0.6 is 0 Å². The van der Waals surface area contributed by atoms with Gasteiger partial charge in [0.15, 0.2) is 5.78 Å². The second kappa shape index (κ2) is 6.28. The van der Waals surface area contributed by atoms with Crippen LogP contribution in [-0.2, 0) is 14.4 Å². The van der Waals surface area contributed by atoms with Gasteiger partial charge in [0.25, 0.3) is 0 Å². The Kier molecular flexibility index (Phi) is 4.46. The first-order valence-electron chi connectivity index (χ1n) is 10.9. The Balaban J connectivity index is 1.99. The molecule has 0 unspecified atom stereocenters. The van der Waals surface area contributed by atoms with Gasteiger partial charge < -0.3 is 15.3 Å². The molecule has 164 valence electrons. The Labute approximate surface area is 177 Å². The van der Waals surface area contributed by atoms with Crippen LogP contribution in [-0.4, -0.2) is 38.6 Å². The van der Waals surface area contributed by atoms with Crippen LogP contribution in [0.15, 0.2) is 23.3 Å². The Bertz CT molecular complexity index is 897. The molecular formula is C24H32O6. The van der Waals surface area contributed by atoms with Crippen molar-refractivity contribution in [3.8, 4) is 0 Å². The van der Waals surface area contributed by atoms with Crippen LogP contribution < -0.4 is 0 Å². The Morgan fingerprint density at radius 3 is 2.13 bits per heavy atom. The van der Waals surface area contributed by atoms with Gasteiger partial charge in [-0.3, -0.25) is 14.4 Å². The molecular weight excluding hydrogens is 384 g/mol. The minimum atomic E-state index is -1.76. The van der Waals surface area contributed by atoms with E-state index in [-0.39, 0.29) is 41.8 Å². The number of carbonyl (C=O) groups is 3. The molecule has 2 fully saturated rings. The number of hydrogen-bond donors (Lipinski definition) is 3. The third-order valence-corrected chi connectivity index (χ3v) is 9.10. The molecule has 4 aliphatic rings. The van der Waals surface area contributed by atoms with Crippen LogP contribution in [0.3, 0.4) is 0 Å². The molecule has 1 spiro atoms. The van der Waals surface area contributed by atoms with E-state index in [9.17, 15) is 29.7 Å². The molecule has 4 aliphatic carbocycles. The molecule has 2 bridgehead atoms. The molecule has 3 N–H and O–H groups in total. The van der Waals surface area contributed by atoms with Crippen LogP contribution in [0.4, 0.5) is 0 Å². The van der Waals surface area contributed by atoms with Gasteiger partial charge in [0.2, 0.25) is 0 Å². The molecule has 0 aromatic heterocycles. The van der Waals surface area contributed by atoms with E-state index in [1.165, 1.54) is 0 Å². The Hall–Kier alpha value is -1.95. The maximum Gasteiger partial charge on any atom is 0.304 e. The van der Waals surface area contributed by atoms with E-state index in [4.69, 9.17) is 0 Å². The van der Waals surface area contributed by atoms with E-state index in [1.54, 1.807) is 13.8 Å². The van der Waals surface area contributed by atoms with Crippen LogP contribution in [0.1, 0.15) is 53.9 Å². The van der Waals surface area contributed by atoms with Crippen LogP contribution in [0, 0.1) is 46.3 Å². The van der Waals surface area contributed by atoms with Crippen molar-refractivity contribution in [3.63, 3.8) is 0 Å².